The summed E-state index contributed by atoms with van der Waals surface area (Å²) >= 11 is 0. The van der Waals surface area contributed by atoms with Gasteiger partial charge in [-0.2, -0.15) is 4.72 Å². The lowest BCUT2D eigenvalue weighted by Gasteiger charge is -2.14. The maximum atomic E-state index is 12.1. The van der Waals surface area contributed by atoms with Gasteiger partial charge in [-0.05, 0) is 18.6 Å². The Morgan fingerprint density at radius 3 is 2.68 bits per heavy atom. The first-order valence-electron chi connectivity index (χ1n) is 5.41. The minimum absolute atomic E-state index is 0.0102. The Hall–Kier alpha value is -1.86. The van der Waals surface area contributed by atoms with Gasteiger partial charge in [0, 0.05) is 0 Å². The second-order valence-corrected chi connectivity index (χ2v) is 5.37. The van der Waals surface area contributed by atoms with Crippen molar-refractivity contribution in [2.24, 2.45) is 0 Å². The number of hydrogen-bond acceptors (Lipinski definition) is 4. The van der Waals surface area contributed by atoms with E-state index in [1.807, 2.05) is 0 Å². The third-order valence-electron chi connectivity index (χ3n) is 2.36. The zero-order valence-electron chi connectivity index (χ0n) is 10.4. The second-order valence-electron chi connectivity index (χ2n) is 3.69. The number of nitrogens with one attached hydrogen (secondary N) is 1. The number of carbonyl (C=O) groups is 1. The number of aliphatic carboxylic acids is 1. The Kier molecular flexibility index (Phi) is 5.08. The van der Waals surface area contributed by atoms with Gasteiger partial charge in [-0.15, -0.1) is 6.58 Å². The number of carboxylic acid groups (broad SMARTS) is 1. The molecule has 0 aliphatic carbocycles. The Morgan fingerprint density at radius 1 is 1.53 bits per heavy atom. The third kappa shape index (κ3) is 3.80. The van der Waals surface area contributed by atoms with E-state index < -0.39 is 22.0 Å². The average Bonchev–Trinajstić information content (AvgIpc) is 2.38. The van der Waals surface area contributed by atoms with E-state index in [9.17, 15) is 13.2 Å². The SMILES string of the molecule is C=CCC(NS(=O)(=O)c1ccccc1OC)C(=O)O. The van der Waals surface area contributed by atoms with E-state index in [1.165, 1.54) is 31.4 Å². The molecule has 1 aromatic rings. The van der Waals surface area contributed by atoms with Crippen LogP contribution in [-0.2, 0) is 14.8 Å². The van der Waals surface area contributed by atoms with Gasteiger partial charge < -0.3 is 9.84 Å². The molecule has 1 unspecified atom stereocenters. The first-order chi connectivity index (χ1) is 8.92. The van der Waals surface area contributed by atoms with E-state index in [0.29, 0.717) is 0 Å². The highest BCUT2D eigenvalue weighted by molar-refractivity contribution is 7.89. The number of methoxy groups -OCH3 is 1. The molecule has 1 rings (SSSR count). The lowest BCUT2D eigenvalue weighted by atomic mass is 10.2. The van der Waals surface area contributed by atoms with Crippen LogP contribution in [0.4, 0.5) is 0 Å². The molecule has 6 nitrogen and oxygen atoms in total. The molecule has 0 fully saturated rings. The smallest absolute Gasteiger partial charge is 0.322 e. The van der Waals surface area contributed by atoms with Crippen molar-refractivity contribution in [3.8, 4) is 5.75 Å². The Labute approximate surface area is 111 Å². The summed E-state index contributed by atoms with van der Waals surface area (Å²) in [5.74, 6) is -1.11. The molecule has 0 amide bonds. The quantitative estimate of drug-likeness (QED) is 0.729. The van der Waals surface area contributed by atoms with E-state index >= 15 is 0 Å². The van der Waals surface area contributed by atoms with Gasteiger partial charge in [0.05, 0.1) is 7.11 Å². The molecule has 0 aliphatic heterocycles. The summed E-state index contributed by atoms with van der Waals surface area (Å²) in [7, 11) is -2.63. The molecule has 2 N–H and O–H groups in total. The molecule has 1 aromatic carbocycles. The van der Waals surface area contributed by atoms with E-state index in [-0.39, 0.29) is 17.1 Å². The summed E-state index contributed by atoms with van der Waals surface area (Å²) in [4.78, 5) is 10.8. The van der Waals surface area contributed by atoms with Crippen LogP contribution in [0.1, 0.15) is 6.42 Å². The van der Waals surface area contributed by atoms with E-state index in [1.54, 1.807) is 6.07 Å². The lowest BCUT2D eigenvalue weighted by molar-refractivity contribution is -0.138. The normalized spacial score (nSPS) is 12.7. The molecule has 0 saturated carbocycles. The van der Waals surface area contributed by atoms with Crippen molar-refractivity contribution in [1.29, 1.82) is 0 Å². The molecule has 7 heteroatoms. The zero-order chi connectivity index (χ0) is 14.5. The van der Waals surface area contributed by atoms with Gasteiger partial charge in [-0.25, -0.2) is 8.42 Å². The molecule has 0 aliphatic rings. The lowest BCUT2D eigenvalue weighted by Crippen LogP contribution is -2.40. The monoisotopic (exact) mass is 285 g/mol. The standard InChI is InChI=1S/C12H15NO5S/c1-3-6-9(12(14)15)13-19(16,17)11-8-5-4-7-10(11)18-2/h3-5,7-9,13H,1,6H2,2H3,(H,14,15). The summed E-state index contributed by atoms with van der Waals surface area (Å²) in [5, 5.41) is 8.94. The highest BCUT2D eigenvalue weighted by Gasteiger charge is 2.26. The number of hydrogen-bond donors (Lipinski definition) is 2. The molecule has 0 spiro atoms. The van der Waals surface area contributed by atoms with Crippen LogP contribution in [-0.4, -0.2) is 32.6 Å². The minimum atomic E-state index is -3.97. The topological polar surface area (TPSA) is 92.7 Å². The second kappa shape index (κ2) is 6.35. The summed E-state index contributed by atoms with van der Waals surface area (Å²) in [5.41, 5.74) is 0. The fraction of sp³-hybridized carbons (Fsp3) is 0.250. The van der Waals surface area contributed by atoms with Crippen molar-refractivity contribution >= 4 is 16.0 Å². The highest BCUT2D eigenvalue weighted by atomic mass is 32.2. The van der Waals surface area contributed by atoms with Gasteiger partial charge >= 0.3 is 5.97 Å². The number of benzene rings is 1. The Balaban J connectivity index is 3.10. The molecule has 0 aromatic heterocycles. The largest absolute Gasteiger partial charge is 0.495 e. The summed E-state index contributed by atoms with van der Waals surface area (Å²) in [6.45, 7) is 3.40. The van der Waals surface area contributed by atoms with Crippen molar-refractivity contribution < 1.29 is 23.1 Å². The molecule has 0 radical (unpaired) electrons. The maximum Gasteiger partial charge on any atom is 0.322 e. The highest BCUT2D eigenvalue weighted by Crippen LogP contribution is 2.22. The number of ether oxygens (including phenoxy) is 1. The Morgan fingerprint density at radius 2 is 2.16 bits per heavy atom. The first kappa shape index (κ1) is 15.2. The van der Waals surface area contributed by atoms with Gasteiger partial charge in [0.1, 0.15) is 16.7 Å². The van der Waals surface area contributed by atoms with Crippen LogP contribution in [0.15, 0.2) is 41.8 Å². The van der Waals surface area contributed by atoms with Crippen molar-refractivity contribution in [2.45, 2.75) is 17.4 Å². The van der Waals surface area contributed by atoms with Gasteiger partial charge in [0.25, 0.3) is 0 Å². The molecular weight excluding hydrogens is 270 g/mol. The van der Waals surface area contributed by atoms with Crippen LogP contribution < -0.4 is 9.46 Å². The predicted molar refractivity (Wildman–Crippen MR) is 69.6 cm³/mol. The molecular formula is C12H15NO5S. The molecule has 104 valence electrons. The van der Waals surface area contributed by atoms with Crippen LogP contribution in [0.2, 0.25) is 0 Å². The van der Waals surface area contributed by atoms with E-state index in [0.717, 1.165) is 0 Å². The van der Waals surface area contributed by atoms with Gasteiger partial charge in [-0.3, -0.25) is 4.79 Å². The molecule has 0 bridgehead atoms. The van der Waals surface area contributed by atoms with Crippen molar-refractivity contribution in [3.63, 3.8) is 0 Å². The fourth-order valence-corrected chi connectivity index (χ4v) is 2.83. The molecule has 0 saturated heterocycles. The molecule has 0 heterocycles. The fourth-order valence-electron chi connectivity index (χ4n) is 1.46. The van der Waals surface area contributed by atoms with Gasteiger partial charge in [0.2, 0.25) is 10.0 Å². The predicted octanol–water partition coefficient (Wildman–Crippen LogP) is 1.00. The first-order valence-corrected chi connectivity index (χ1v) is 6.89. The average molecular weight is 285 g/mol. The van der Waals surface area contributed by atoms with Gasteiger partial charge in [-0.1, -0.05) is 18.2 Å². The van der Waals surface area contributed by atoms with Crippen molar-refractivity contribution in [1.82, 2.24) is 4.72 Å². The van der Waals surface area contributed by atoms with Crippen molar-refractivity contribution in [3.05, 3.63) is 36.9 Å². The van der Waals surface area contributed by atoms with Gasteiger partial charge in [0.15, 0.2) is 0 Å². The van der Waals surface area contributed by atoms with Crippen LogP contribution in [0.3, 0.4) is 0 Å². The third-order valence-corrected chi connectivity index (χ3v) is 3.87. The van der Waals surface area contributed by atoms with E-state index in [4.69, 9.17) is 9.84 Å². The summed E-state index contributed by atoms with van der Waals surface area (Å²) < 4.78 is 31.3. The zero-order valence-corrected chi connectivity index (χ0v) is 11.2. The van der Waals surface area contributed by atoms with Crippen LogP contribution in [0.5, 0.6) is 5.75 Å². The van der Waals surface area contributed by atoms with Crippen molar-refractivity contribution in [2.75, 3.05) is 7.11 Å². The van der Waals surface area contributed by atoms with Crippen LogP contribution >= 0.6 is 0 Å². The molecule has 19 heavy (non-hydrogen) atoms. The number of rotatable bonds is 7. The number of para-hydroxylation sites is 1. The van der Waals surface area contributed by atoms with Crippen LogP contribution in [0.25, 0.3) is 0 Å². The Bertz CT molecular complexity index is 567. The number of carboxylic acids is 1. The van der Waals surface area contributed by atoms with E-state index in [2.05, 4.69) is 11.3 Å². The minimum Gasteiger partial charge on any atom is -0.495 e. The summed E-state index contributed by atoms with van der Waals surface area (Å²) in [6, 6.07) is 4.72. The molecule has 1 atom stereocenters. The van der Waals surface area contributed by atoms with Crippen LogP contribution in [0, 0.1) is 0 Å². The number of sulfonamides is 1. The summed E-state index contributed by atoms with van der Waals surface area (Å²) in [6.07, 6.45) is 1.33. The maximum absolute atomic E-state index is 12.1.